The molecular weight excluding hydrogens is 753 g/mol. The van der Waals surface area contributed by atoms with Crippen LogP contribution in [0.25, 0.3) is 6.08 Å². The fourth-order valence-electron chi connectivity index (χ4n) is 5.12. The standard InChI is InChI=1S/C36H35F3N4O11S/c1-22(55-27-16-50-34(51-17-27)6-4-3-5-25-8-7-24(15-40)13-29(25)38)36(19-43-21-41-20-42-43,28-10-9-26(37)14-30(28)39)54-35(48)53-23(2)52-33(47)12-11-32(46)49-18-31(44)45/h3-10,13-14,20-23,27,34H,11-12,16-19H2,1-2H3,(H,44,45)/b5-3+,6-4+/t22-,23?,27?,34?,36-/m1/s1. The number of nitrogens with zero attached hydrogens (tertiary/aromatic N) is 4. The summed E-state index contributed by atoms with van der Waals surface area (Å²) >= 11 is 1.20. The van der Waals surface area contributed by atoms with Gasteiger partial charge in [0.1, 0.15) is 30.1 Å². The second-order valence-corrected chi connectivity index (χ2v) is 13.4. The first-order valence-corrected chi connectivity index (χ1v) is 17.4. The molecule has 3 aromatic rings. The summed E-state index contributed by atoms with van der Waals surface area (Å²) in [6.07, 6.45) is 4.02. The summed E-state index contributed by atoms with van der Waals surface area (Å²) in [4.78, 5) is 51.7. The number of allylic oxidation sites excluding steroid dienone is 2. The lowest BCUT2D eigenvalue weighted by atomic mass is 9.89. The number of carbonyl (C=O) groups excluding carboxylic acids is 3. The van der Waals surface area contributed by atoms with Crippen LogP contribution in [0, 0.1) is 28.8 Å². The van der Waals surface area contributed by atoms with E-state index in [1.165, 1.54) is 54.2 Å². The number of benzene rings is 2. The van der Waals surface area contributed by atoms with E-state index >= 15 is 4.39 Å². The van der Waals surface area contributed by atoms with Crippen LogP contribution in [-0.2, 0) is 55.0 Å². The van der Waals surface area contributed by atoms with Gasteiger partial charge in [-0.15, -0.1) is 11.8 Å². The summed E-state index contributed by atoms with van der Waals surface area (Å²) in [5.74, 6) is -5.83. The van der Waals surface area contributed by atoms with Crippen LogP contribution in [0.5, 0.6) is 0 Å². The third-order valence-electron chi connectivity index (χ3n) is 7.70. The average molecular weight is 789 g/mol. The Kier molecular flexibility index (Phi) is 15.4. The summed E-state index contributed by atoms with van der Waals surface area (Å²) in [6, 6.07) is 8.70. The molecule has 2 heterocycles. The highest BCUT2D eigenvalue weighted by Gasteiger charge is 2.47. The van der Waals surface area contributed by atoms with Gasteiger partial charge in [-0.25, -0.2) is 32.4 Å². The van der Waals surface area contributed by atoms with E-state index in [-0.39, 0.29) is 36.4 Å². The zero-order chi connectivity index (χ0) is 40.0. The van der Waals surface area contributed by atoms with Crippen molar-refractivity contribution in [3.63, 3.8) is 0 Å². The fourth-order valence-corrected chi connectivity index (χ4v) is 6.48. The average Bonchev–Trinajstić information content (AvgIpc) is 3.65. The Labute approximate surface area is 316 Å². The molecule has 0 aliphatic carbocycles. The quantitative estimate of drug-likeness (QED) is 0.0825. The molecule has 19 heteroatoms. The number of aliphatic carboxylic acids is 1. The molecule has 1 N–H and O–H groups in total. The van der Waals surface area contributed by atoms with E-state index in [1.807, 2.05) is 6.07 Å². The predicted octanol–water partition coefficient (Wildman–Crippen LogP) is 5.05. The summed E-state index contributed by atoms with van der Waals surface area (Å²) < 4.78 is 77.4. The molecule has 0 amide bonds. The molecule has 15 nitrogen and oxygen atoms in total. The lowest BCUT2D eigenvalue weighted by Crippen LogP contribution is -2.47. The number of thioether (sulfide) groups is 1. The van der Waals surface area contributed by atoms with Gasteiger partial charge in [0.2, 0.25) is 6.29 Å². The maximum atomic E-state index is 15.6. The van der Waals surface area contributed by atoms with Crippen molar-refractivity contribution in [3.8, 4) is 6.07 Å². The zero-order valence-electron chi connectivity index (χ0n) is 29.3. The second-order valence-electron chi connectivity index (χ2n) is 11.7. The third kappa shape index (κ3) is 12.7. The van der Waals surface area contributed by atoms with Crippen LogP contribution in [-0.4, -0.2) is 86.8 Å². The first-order chi connectivity index (χ1) is 26.3. The van der Waals surface area contributed by atoms with Crippen molar-refractivity contribution >= 4 is 41.9 Å². The minimum atomic E-state index is -1.97. The van der Waals surface area contributed by atoms with Crippen molar-refractivity contribution in [2.24, 2.45) is 0 Å². The first kappa shape index (κ1) is 42.0. The van der Waals surface area contributed by atoms with Crippen molar-refractivity contribution in [2.75, 3.05) is 19.8 Å². The van der Waals surface area contributed by atoms with Crippen LogP contribution in [0.4, 0.5) is 18.0 Å². The number of carboxylic acid groups (broad SMARTS) is 1. The number of carboxylic acids is 1. The highest BCUT2D eigenvalue weighted by molar-refractivity contribution is 8.00. The van der Waals surface area contributed by atoms with Gasteiger partial charge in [-0.1, -0.05) is 24.3 Å². The lowest BCUT2D eigenvalue weighted by molar-refractivity contribution is -0.173. The van der Waals surface area contributed by atoms with Crippen molar-refractivity contribution in [2.45, 2.75) is 61.9 Å². The number of halogens is 3. The molecule has 0 saturated carbocycles. The second kappa shape index (κ2) is 20.1. The molecule has 1 aliphatic heterocycles. The van der Waals surface area contributed by atoms with Gasteiger partial charge in [0.25, 0.3) is 0 Å². The monoisotopic (exact) mass is 788 g/mol. The number of aromatic nitrogens is 3. The van der Waals surface area contributed by atoms with Crippen molar-refractivity contribution in [1.82, 2.24) is 14.8 Å². The fraction of sp³-hybridized carbons (Fsp3) is 0.361. The summed E-state index contributed by atoms with van der Waals surface area (Å²) in [7, 11) is 0. The minimum absolute atomic E-state index is 0.130. The number of carbonyl (C=O) groups is 4. The molecule has 0 radical (unpaired) electrons. The van der Waals surface area contributed by atoms with Gasteiger partial charge in [-0.05, 0) is 37.3 Å². The molecule has 0 bridgehead atoms. The molecular formula is C36H35F3N4O11S. The minimum Gasteiger partial charge on any atom is -0.479 e. The third-order valence-corrected chi connectivity index (χ3v) is 9.14. The molecule has 1 saturated heterocycles. The SMILES string of the molecule is CC(OC(=O)CCC(=O)OCC(=O)O)OC(=O)O[C@@](Cn1cncn1)(c1ccc(F)cc1F)[C@@H](C)SC1COC(/C=C/C=C/c2ccc(C#N)cc2F)OC1. The van der Waals surface area contributed by atoms with E-state index < -0.39 is 89.6 Å². The molecule has 2 aromatic carbocycles. The van der Waals surface area contributed by atoms with Gasteiger partial charge >= 0.3 is 24.1 Å². The normalized spacial score (nSPS) is 17.8. The number of ether oxygens (including phenoxy) is 6. The van der Waals surface area contributed by atoms with E-state index in [0.717, 1.165) is 18.2 Å². The summed E-state index contributed by atoms with van der Waals surface area (Å²) in [5.41, 5.74) is -1.73. The Balaban J connectivity index is 1.45. The van der Waals surface area contributed by atoms with Crippen LogP contribution in [0.15, 0.2) is 67.3 Å². The molecule has 292 valence electrons. The number of nitriles is 1. The van der Waals surface area contributed by atoms with Gasteiger partial charge < -0.3 is 33.5 Å². The molecule has 4 rings (SSSR count). The largest absolute Gasteiger partial charge is 0.512 e. The molecule has 1 fully saturated rings. The lowest BCUT2D eigenvalue weighted by Gasteiger charge is -2.40. The van der Waals surface area contributed by atoms with Gasteiger partial charge in [-0.3, -0.25) is 9.59 Å². The highest BCUT2D eigenvalue weighted by Crippen LogP contribution is 2.42. The molecule has 1 unspecified atom stereocenters. The smallest absolute Gasteiger partial charge is 0.479 e. The number of hydrogen-bond acceptors (Lipinski definition) is 14. The molecule has 1 aromatic heterocycles. The summed E-state index contributed by atoms with van der Waals surface area (Å²) in [6.45, 7) is 1.85. The van der Waals surface area contributed by atoms with Crippen LogP contribution in [0.3, 0.4) is 0 Å². The van der Waals surface area contributed by atoms with Crippen LogP contribution in [0.1, 0.15) is 43.4 Å². The molecule has 55 heavy (non-hydrogen) atoms. The molecule has 0 spiro atoms. The Morgan fingerprint density at radius 1 is 1.05 bits per heavy atom. The number of rotatable bonds is 17. The van der Waals surface area contributed by atoms with Gasteiger partial charge in [0, 0.05) is 29.4 Å². The van der Waals surface area contributed by atoms with Crippen LogP contribution in [0.2, 0.25) is 0 Å². The van der Waals surface area contributed by atoms with E-state index in [0.29, 0.717) is 6.07 Å². The van der Waals surface area contributed by atoms with E-state index in [2.05, 4.69) is 14.8 Å². The molecule has 3 atom stereocenters. The van der Waals surface area contributed by atoms with Crippen LogP contribution >= 0.6 is 11.8 Å². The maximum Gasteiger partial charge on any atom is 0.512 e. The zero-order valence-corrected chi connectivity index (χ0v) is 30.2. The summed E-state index contributed by atoms with van der Waals surface area (Å²) in [5, 5.41) is 20.3. The van der Waals surface area contributed by atoms with E-state index in [1.54, 1.807) is 25.2 Å². The highest BCUT2D eigenvalue weighted by atomic mass is 32.2. The van der Waals surface area contributed by atoms with Crippen molar-refractivity contribution in [1.29, 1.82) is 5.26 Å². The Morgan fingerprint density at radius 2 is 1.80 bits per heavy atom. The van der Waals surface area contributed by atoms with E-state index in [4.69, 9.17) is 34.1 Å². The molecule has 1 aliphatic rings. The Morgan fingerprint density at radius 3 is 2.45 bits per heavy atom. The topological polar surface area (TPSA) is 198 Å². The van der Waals surface area contributed by atoms with Crippen LogP contribution < -0.4 is 0 Å². The van der Waals surface area contributed by atoms with Gasteiger partial charge in [-0.2, -0.15) is 10.4 Å². The number of hydrogen-bond donors (Lipinski definition) is 1. The Hall–Kier alpha value is -5.71. The predicted molar refractivity (Wildman–Crippen MR) is 185 cm³/mol. The number of esters is 2. The maximum absolute atomic E-state index is 15.6. The van der Waals surface area contributed by atoms with Gasteiger partial charge in [0.15, 0.2) is 18.5 Å². The van der Waals surface area contributed by atoms with Crippen molar-refractivity contribution in [3.05, 3.63) is 101 Å². The van der Waals surface area contributed by atoms with Gasteiger partial charge in [0.05, 0.1) is 49.5 Å². The van der Waals surface area contributed by atoms with Crippen molar-refractivity contribution < 1.29 is 65.9 Å². The Bertz CT molecular complexity index is 1920. The first-order valence-electron chi connectivity index (χ1n) is 16.5. The van der Waals surface area contributed by atoms with E-state index in [9.17, 15) is 28.0 Å².